The zero-order chi connectivity index (χ0) is 8.43. The Labute approximate surface area is 67.0 Å². The van der Waals surface area contributed by atoms with Crippen LogP contribution in [0, 0.1) is 17.8 Å². The molecule has 0 amide bonds. The van der Waals surface area contributed by atoms with Crippen molar-refractivity contribution in [3.63, 3.8) is 0 Å². The summed E-state index contributed by atoms with van der Waals surface area (Å²) < 4.78 is 23.7. The molecule has 0 saturated heterocycles. The van der Waals surface area contributed by atoms with Gasteiger partial charge >= 0.3 is 0 Å². The van der Waals surface area contributed by atoms with E-state index in [1.807, 2.05) is 0 Å². The highest BCUT2D eigenvalue weighted by molar-refractivity contribution is 4.86. The quantitative estimate of drug-likeness (QED) is 0.594. The third-order valence-electron chi connectivity index (χ3n) is 2.32. The molecule has 0 bridgehead atoms. The average Bonchev–Trinajstić information content (AvgIpc) is 2.43. The molecule has 0 radical (unpaired) electrons. The molecule has 1 saturated carbocycles. The van der Waals surface area contributed by atoms with Gasteiger partial charge in [-0.2, -0.15) is 0 Å². The fourth-order valence-electron chi connectivity index (χ4n) is 1.72. The van der Waals surface area contributed by atoms with Crippen molar-refractivity contribution >= 4 is 0 Å². The molecule has 11 heavy (non-hydrogen) atoms. The van der Waals surface area contributed by atoms with E-state index in [0.29, 0.717) is 17.8 Å². The van der Waals surface area contributed by atoms with Gasteiger partial charge in [0.25, 0.3) is 0 Å². The smallest absolute Gasteiger partial charge is 0.211 e. The number of rotatable bonds is 4. The number of halogens is 2. The molecule has 0 aromatic heterocycles. The van der Waals surface area contributed by atoms with Crippen molar-refractivity contribution in [2.75, 3.05) is 0 Å². The Hall–Kier alpha value is -0.140. The Morgan fingerprint density at radius 3 is 2.18 bits per heavy atom. The monoisotopic (exact) mass is 162 g/mol. The summed E-state index contributed by atoms with van der Waals surface area (Å²) in [5.74, 6) is 1.63. The molecule has 0 N–H and O–H groups in total. The molecule has 0 aromatic rings. The van der Waals surface area contributed by atoms with Crippen LogP contribution in [0.15, 0.2) is 0 Å². The van der Waals surface area contributed by atoms with Crippen molar-refractivity contribution in [2.24, 2.45) is 17.8 Å². The first-order valence-corrected chi connectivity index (χ1v) is 4.37. The summed E-state index contributed by atoms with van der Waals surface area (Å²) in [7, 11) is 0. The molecule has 1 fully saturated rings. The summed E-state index contributed by atoms with van der Waals surface area (Å²) in [5, 5.41) is 0. The maximum atomic E-state index is 11.8. The highest BCUT2D eigenvalue weighted by Crippen LogP contribution is 2.46. The normalized spacial score (nSPS) is 30.0. The van der Waals surface area contributed by atoms with Gasteiger partial charge in [0.15, 0.2) is 0 Å². The van der Waals surface area contributed by atoms with Crippen LogP contribution in [0.3, 0.4) is 0 Å². The molecule has 0 heterocycles. The van der Waals surface area contributed by atoms with E-state index in [1.54, 1.807) is 0 Å². The van der Waals surface area contributed by atoms with Gasteiger partial charge in [0, 0.05) is 6.42 Å². The van der Waals surface area contributed by atoms with Crippen molar-refractivity contribution < 1.29 is 8.78 Å². The van der Waals surface area contributed by atoms with Crippen LogP contribution < -0.4 is 0 Å². The summed E-state index contributed by atoms with van der Waals surface area (Å²) in [6.07, 6.45) is 0.231. The van der Waals surface area contributed by atoms with Crippen molar-refractivity contribution in [3.05, 3.63) is 0 Å². The first-order valence-electron chi connectivity index (χ1n) is 4.37. The second-order valence-corrected chi connectivity index (χ2v) is 4.01. The third-order valence-corrected chi connectivity index (χ3v) is 2.32. The van der Waals surface area contributed by atoms with Gasteiger partial charge in [0.1, 0.15) is 0 Å². The summed E-state index contributed by atoms with van der Waals surface area (Å²) in [5.41, 5.74) is 0. The maximum absolute atomic E-state index is 11.8. The average molecular weight is 162 g/mol. The number of hydrogen-bond acceptors (Lipinski definition) is 0. The van der Waals surface area contributed by atoms with E-state index in [0.717, 1.165) is 12.8 Å². The SMILES string of the molecule is CC(C)CC1CC1CC(F)F. The molecular formula is C9H16F2. The number of hydrogen-bond donors (Lipinski definition) is 0. The van der Waals surface area contributed by atoms with E-state index in [4.69, 9.17) is 0 Å². The zero-order valence-electron chi connectivity index (χ0n) is 7.19. The lowest BCUT2D eigenvalue weighted by Crippen LogP contribution is -1.95. The van der Waals surface area contributed by atoms with Crippen molar-refractivity contribution in [3.8, 4) is 0 Å². The minimum absolute atomic E-state index is 0.136. The van der Waals surface area contributed by atoms with E-state index < -0.39 is 6.43 Å². The fraction of sp³-hybridized carbons (Fsp3) is 1.00. The Bertz CT molecular complexity index is 107. The first-order chi connectivity index (χ1) is 5.09. The van der Waals surface area contributed by atoms with Crippen LogP contribution in [0.25, 0.3) is 0 Å². The largest absolute Gasteiger partial charge is 0.238 e. The second-order valence-electron chi connectivity index (χ2n) is 4.01. The third kappa shape index (κ3) is 3.17. The van der Waals surface area contributed by atoms with Crippen LogP contribution in [0.4, 0.5) is 8.78 Å². The summed E-state index contributed by atoms with van der Waals surface area (Å²) in [6, 6.07) is 0. The van der Waals surface area contributed by atoms with Crippen LogP contribution in [0.5, 0.6) is 0 Å². The van der Waals surface area contributed by atoms with Gasteiger partial charge in [0.05, 0.1) is 0 Å². The van der Waals surface area contributed by atoms with E-state index in [9.17, 15) is 8.78 Å². The Morgan fingerprint density at radius 2 is 1.73 bits per heavy atom. The molecule has 1 aliphatic rings. The van der Waals surface area contributed by atoms with Gasteiger partial charge in [-0.1, -0.05) is 13.8 Å². The molecule has 0 aromatic carbocycles. The van der Waals surface area contributed by atoms with E-state index in [2.05, 4.69) is 13.8 Å². The Balaban J connectivity index is 2.07. The lowest BCUT2D eigenvalue weighted by molar-refractivity contribution is 0.127. The maximum Gasteiger partial charge on any atom is 0.238 e. The lowest BCUT2D eigenvalue weighted by atomic mass is 10.1. The molecule has 0 aliphatic heterocycles. The number of alkyl halides is 2. The van der Waals surface area contributed by atoms with Crippen LogP contribution in [-0.2, 0) is 0 Å². The van der Waals surface area contributed by atoms with Crippen LogP contribution in [0.2, 0.25) is 0 Å². The second kappa shape index (κ2) is 3.51. The zero-order valence-corrected chi connectivity index (χ0v) is 7.19. The molecule has 2 heteroatoms. The molecule has 1 rings (SSSR count). The van der Waals surface area contributed by atoms with Gasteiger partial charge in [-0.15, -0.1) is 0 Å². The molecule has 2 atom stereocenters. The lowest BCUT2D eigenvalue weighted by Gasteiger charge is -2.02. The standard InChI is InChI=1S/C9H16F2/c1-6(2)3-7-4-8(7)5-9(10)11/h6-9H,3-5H2,1-2H3. The fourth-order valence-corrected chi connectivity index (χ4v) is 1.72. The molecule has 0 spiro atoms. The van der Waals surface area contributed by atoms with Crippen molar-refractivity contribution in [1.82, 2.24) is 0 Å². The Kier molecular flexibility index (Phi) is 2.85. The predicted molar refractivity (Wildman–Crippen MR) is 41.7 cm³/mol. The highest BCUT2D eigenvalue weighted by atomic mass is 19.3. The Morgan fingerprint density at radius 1 is 1.18 bits per heavy atom. The van der Waals surface area contributed by atoms with Crippen molar-refractivity contribution in [1.29, 1.82) is 0 Å². The van der Waals surface area contributed by atoms with E-state index in [-0.39, 0.29) is 6.42 Å². The molecular weight excluding hydrogens is 146 g/mol. The predicted octanol–water partition coefficient (Wildman–Crippen LogP) is 3.32. The minimum atomic E-state index is -2.09. The summed E-state index contributed by atoms with van der Waals surface area (Å²) in [6.45, 7) is 4.30. The van der Waals surface area contributed by atoms with Gasteiger partial charge < -0.3 is 0 Å². The molecule has 1 aliphatic carbocycles. The van der Waals surface area contributed by atoms with Crippen LogP contribution >= 0.6 is 0 Å². The summed E-state index contributed by atoms with van der Waals surface area (Å²) in [4.78, 5) is 0. The molecule has 2 unspecified atom stereocenters. The first kappa shape index (κ1) is 8.95. The van der Waals surface area contributed by atoms with Gasteiger partial charge in [0.2, 0.25) is 6.43 Å². The van der Waals surface area contributed by atoms with Gasteiger partial charge in [-0.3, -0.25) is 0 Å². The molecule has 66 valence electrons. The van der Waals surface area contributed by atoms with E-state index >= 15 is 0 Å². The van der Waals surface area contributed by atoms with Gasteiger partial charge in [-0.25, -0.2) is 8.78 Å². The topological polar surface area (TPSA) is 0 Å². The van der Waals surface area contributed by atoms with Crippen LogP contribution in [-0.4, -0.2) is 6.43 Å². The van der Waals surface area contributed by atoms with Crippen molar-refractivity contribution in [2.45, 2.75) is 39.5 Å². The summed E-state index contributed by atoms with van der Waals surface area (Å²) >= 11 is 0. The minimum Gasteiger partial charge on any atom is -0.211 e. The highest BCUT2D eigenvalue weighted by Gasteiger charge is 2.38. The van der Waals surface area contributed by atoms with Gasteiger partial charge in [-0.05, 0) is 30.6 Å². The van der Waals surface area contributed by atoms with E-state index in [1.165, 1.54) is 0 Å². The van der Waals surface area contributed by atoms with Crippen LogP contribution in [0.1, 0.15) is 33.1 Å². The molecule has 0 nitrogen and oxygen atoms in total.